The summed E-state index contributed by atoms with van der Waals surface area (Å²) in [4.78, 5) is 21.9. The first-order valence-corrected chi connectivity index (χ1v) is 14.6. The lowest BCUT2D eigenvalue weighted by Crippen LogP contribution is -2.39. The Labute approximate surface area is 227 Å². The van der Waals surface area contributed by atoms with Gasteiger partial charge in [0.25, 0.3) is 10.0 Å². The average Bonchev–Trinajstić information content (AvgIpc) is 3.71. The summed E-state index contributed by atoms with van der Waals surface area (Å²) < 4.78 is 60.2. The summed E-state index contributed by atoms with van der Waals surface area (Å²) in [6, 6.07) is 14.7. The molecule has 1 atom stereocenters. The number of carbonyl (C=O) groups excluding carboxylic acids is 1. The van der Waals surface area contributed by atoms with Crippen molar-refractivity contribution in [3.8, 4) is 0 Å². The van der Waals surface area contributed by atoms with Gasteiger partial charge in [-0.15, -0.1) is 0 Å². The zero-order chi connectivity index (χ0) is 28.8. The van der Waals surface area contributed by atoms with E-state index in [2.05, 4.69) is 17.0 Å². The Balaban J connectivity index is 0.000000532. The van der Waals surface area contributed by atoms with Crippen LogP contribution in [0.5, 0.6) is 0 Å². The molecule has 2 aromatic carbocycles. The van der Waals surface area contributed by atoms with Crippen LogP contribution in [0.15, 0.2) is 53.4 Å². The fraction of sp³-hybridized carbons (Fsp3) is 0.500. The SMILES string of the molecule is CCC(C)NC(=O)C1(c2ccc(NS(=O)(=O)c3ccc(C4CCCCC4)cc3)cc2)CC1.O=C(O)C(F)(F)F. The average molecular weight is 569 g/mol. The Morgan fingerprint density at radius 2 is 1.54 bits per heavy atom. The molecule has 2 fully saturated rings. The summed E-state index contributed by atoms with van der Waals surface area (Å²) in [5.41, 5.74) is 2.22. The first-order chi connectivity index (χ1) is 18.3. The molecule has 11 heteroatoms. The number of rotatable bonds is 8. The highest BCUT2D eigenvalue weighted by Crippen LogP contribution is 2.48. The number of alkyl halides is 3. The van der Waals surface area contributed by atoms with Gasteiger partial charge in [-0.05, 0) is 80.3 Å². The topological polar surface area (TPSA) is 113 Å². The molecule has 4 rings (SSSR count). The number of carboxylic acid groups (broad SMARTS) is 1. The van der Waals surface area contributed by atoms with E-state index in [0.717, 1.165) is 24.8 Å². The maximum absolute atomic E-state index is 12.9. The minimum atomic E-state index is -5.08. The first kappa shape index (κ1) is 30.5. The Bertz CT molecular complexity index is 1240. The largest absolute Gasteiger partial charge is 0.490 e. The number of amides is 1. The van der Waals surface area contributed by atoms with Crippen LogP contribution in [0.1, 0.15) is 82.3 Å². The van der Waals surface area contributed by atoms with E-state index in [9.17, 15) is 26.4 Å². The van der Waals surface area contributed by atoms with Gasteiger partial charge in [-0.3, -0.25) is 9.52 Å². The molecule has 0 spiro atoms. The molecule has 7 nitrogen and oxygen atoms in total. The Hall–Kier alpha value is -3.08. The van der Waals surface area contributed by atoms with Gasteiger partial charge in [-0.2, -0.15) is 13.2 Å². The van der Waals surface area contributed by atoms with Gasteiger partial charge in [0, 0.05) is 11.7 Å². The van der Waals surface area contributed by atoms with Crippen molar-refractivity contribution in [1.29, 1.82) is 0 Å². The summed E-state index contributed by atoms with van der Waals surface area (Å²) in [6.07, 6.45) is 3.65. The molecule has 0 aliphatic heterocycles. The van der Waals surface area contributed by atoms with E-state index in [4.69, 9.17) is 9.90 Å². The third-order valence-electron chi connectivity index (χ3n) is 7.37. The number of sulfonamides is 1. The van der Waals surface area contributed by atoms with E-state index in [-0.39, 0.29) is 16.8 Å². The molecule has 0 saturated heterocycles. The van der Waals surface area contributed by atoms with Crippen molar-refractivity contribution in [2.45, 2.75) is 93.7 Å². The number of benzene rings is 2. The van der Waals surface area contributed by atoms with Crippen LogP contribution in [-0.4, -0.2) is 37.6 Å². The number of anilines is 1. The molecule has 2 saturated carbocycles. The summed E-state index contributed by atoms with van der Waals surface area (Å²) in [6.45, 7) is 4.06. The number of hydrogen-bond donors (Lipinski definition) is 3. The second-order valence-corrected chi connectivity index (χ2v) is 11.9. The van der Waals surface area contributed by atoms with Crippen molar-refractivity contribution < 1.29 is 36.3 Å². The van der Waals surface area contributed by atoms with Crippen LogP contribution in [0.25, 0.3) is 0 Å². The van der Waals surface area contributed by atoms with E-state index >= 15 is 0 Å². The molecule has 0 bridgehead atoms. The van der Waals surface area contributed by atoms with Gasteiger partial charge in [0.15, 0.2) is 0 Å². The van der Waals surface area contributed by atoms with E-state index in [0.29, 0.717) is 11.6 Å². The monoisotopic (exact) mass is 568 g/mol. The highest BCUT2D eigenvalue weighted by molar-refractivity contribution is 7.92. The standard InChI is InChI=1S/C26H34N2O3S.C2HF3O2/c1-3-19(2)27-25(29)26(17-18-26)22-11-13-23(14-12-22)28-32(30,31)24-15-9-21(10-16-24)20-7-5-4-6-8-20;3-2(4,5)1(6)7/h9-16,19-20,28H,3-8,17-18H2,1-2H3,(H,27,29);(H,6,7). The predicted octanol–water partition coefficient (Wildman–Crippen LogP) is 6.11. The zero-order valence-corrected chi connectivity index (χ0v) is 22.9. The van der Waals surface area contributed by atoms with Crippen LogP contribution >= 0.6 is 0 Å². The Kier molecular flexibility index (Phi) is 9.69. The van der Waals surface area contributed by atoms with Crippen LogP contribution in [0.3, 0.4) is 0 Å². The van der Waals surface area contributed by atoms with Gasteiger partial charge in [-0.1, -0.05) is 50.5 Å². The predicted molar refractivity (Wildman–Crippen MR) is 142 cm³/mol. The molecule has 214 valence electrons. The quantitative estimate of drug-likeness (QED) is 0.356. The van der Waals surface area contributed by atoms with Crippen LogP contribution in [0, 0.1) is 0 Å². The van der Waals surface area contributed by atoms with Crippen molar-refractivity contribution in [1.82, 2.24) is 5.32 Å². The second kappa shape index (κ2) is 12.4. The molecule has 3 N–H and O–H groups in total. The van der Waals surface area contributed by atoms with Crippen LogP contribution < -0.4 is 10.0 Å². The molecular weight excluding hydrogens is 533 g/mol. The van der Waals surface area contributed by atoms with Gasteiger partial charge < -0.3 is 10.4 Å². The van der Waals surface area contributed by atoms with Crippen molar-refractivity contribution >= 4 is 27.6 Å². The molecule has 1 amide bonds. The zero-order valence-electron chi connectivity index (χ0n) is 22.1. The first-order valence-electron chi connectivity index (χ1n) is 13.1. The number of carboxylic acids is 1. The molecule has 39 heavy (non-hydrogen) atoms. The highest BCUT2D eigenvalue weighted by atomic mass is 32.2. The Morgan fingerprint density at radius 1 is 1.00 bits per heavy atom. The third kappa shape index (κ3) is 7.97. The minimum Gasteiger partial charge on any atom is -0.475 e. The molecule has 2 aliphatic rings. The van der Waals surface area contributed by atoms with E-state index in [1.165, 1.54) is 37.7 Å². The lowest BCUT2D eigenvalue weighted by molar-refractivity contribution is -0.192. The van der Waals surface area contributed by atoms with Gasteiger partial charge in [0.1, 0.15) is 0 Å². The maximum atomic E-state index is 12.9. The number of hydrogen-bond acceptors (Lipinski definition) is 4. The molecule has 0 radical (unpaired) electrons. The number of halogens is 3. The van der Waals surface area contributed by atoms with E-state index < -0.39 is 27.6 Å². The molecular formula is C28H35F3N2O5S. The number of aliphatic carboxylic acids is 1. The lowest BCUT2D eigenvalue weighted by Gasteiger charge is -2.22. The smallest absolute Gasteiger partial charge is 0.475 e. The van der Waals surface area contributed by atoms with Gasteiger partial charge in [0.2, 0.25) is 5.91 Å². The minimum absolute atomic E-state index is 0.0678. The molecule has 2 aliphatic carbocycles. The van der Waals surface area contributed by atoms with Crippen LogP contribution in [0.2, 0.25) is 0 Å². The summed E-state index contributed by atoms with van der Waals surface area (Å²) in [5, 5.41) is 10.2. The summed E-state index contributed by atoms with van der Waals surface area (Å²) in [5.74, 6) is -2.14. The van der Waals surface area contributed by atoms with Crippen molar-refractivity contribution in [3.05, 3.63) is 59.7 Å². The molecule has 2 aromatic rings. The fourth-order valence-electron chi connectivity index (χ4n) is 4.66. The van der Waals surface area contributed by atoms with Gasteiger partial charge >= 0.3 is 12.1 Å². The lowest BCUT2D eigenvalue weighted by atomic mass is 9.84. The molecule has 0 heterocycles. The third-order valence-corrected chi connectivity index (χ3v) is 8.77. The maximum Gasteiger partial charge on any atom is 0.490 e. The highest BCUT2D eigenvalue weighted by Gasteiger charge is 2.51. The van der Waals surface area contributed by atoms with E-state index in [1.807, 2.05) is 31.2 Å². The van der Waals surface area contributed by atoms with Crippen molar-refractivity contribution in [3.63, 3.8) is 0 Å². The van der Waals surface area contributed by atoms with Crippen LogP contribution in [0.4, 0.5) is 18.9 Å². The van der Waals surface area contributed by atoms with Gasteiger partial charge in [0.05, 0.1) is 10.3 Å². The summed E-state index contributed by atoms with van der Waals surface area (Å²) >= 11 is 0. The van der Waals surface area contributed by atoms with Crippen LogP contribution in [-0.2, 0) is 25.0 Å². The molecule has 0 aromatic heterocycles. The number of nitrogens with one attached hydrogen (secondary N) is 2. The van der Waals surface area contributed by atoms with Crippen molar-refractivity contribution in [2.24, 2.45) is 0 Å². The Morgan fingerprint density at radius 3 is 2.00 bits per heavy atom. The summed E-state index contributed by atoms with van der Waals surface area (Å²) in [7, 11) is -3.66. The second-order valence-electron chi connectivity index (χ2n) is 10.3. The van der Waals surface area contributed by atoms with Gasteiger partial charge in [-0.25, -0.2) is 13.2 Å². The molecule has 1 unspecified atom stereocenters. The number of carbonyl (C=O) groups is 2. The fourth-order valence-corrected chi connectivity index (χ4v) is 5.72. The van der Waals surface area contributed by atoms with E-state index in [1.54, 1.807) is 24.3 Å². The van der Waals surface area contributed by atoms with Crippen molar-refractivity contribution in [2.75, 3.05) is 4.72 Å². The normalized spacial score (nSPS) is 17.8.